The fourth-order valence-electron chi connectivity index (χ4n) is 2.58. The van der Waals surface area contributed by atoms with Gasteiger partial charge >= 0.3 is 0 Å². The molecule has 1 aliphatic heterocycles. The SMILES string of the molecule is CCNS(=O)(=O)CCNC(CC)c1ccc2c(c1)CCO2. The lowest BCUT2D eigenvalue weighted by Gasteiger charge is -2.18. The van der Waals surface area contributed by atoms with Gasteiger partial charge in [-0.25, -0.2) is 13.1 Å². The van der Waals surface area contributed by atoms with Gasteiger partial charge in [-0.15, -0.1) is 0 Å². The molecule has 2 rings (SSSR count). The Labute approximate surface area is 127 Å². The Morgan fingerprint density at radius 2 is 2.14 bits per heavy atom. The maximum atomic E-state index is 11.6. The lowest BCUT2D eigenvalue weighted by Crippen LogP contribution is -2.33. The summed E-state index contributed by atoms with van der Waals surface area (Å²) in [4.78, 5) is 0. The molecule has 0 aromatic heterocycles. The number of benzene rings is 1. The summed E-state index contributed by atoms with van der Waals surface area (Å²) in [5.74, 6) is 1.08. The number of sulfonamides is 1. The van der Waals surface area contributed by atoms with Crippen molar-refractivity contribution in [2.75, 3.05) is 25.4 Å². The van der Waals surface area contributed by atoms with Gasteiger partial charge in [0.05, 0.1) is 12.4 Å². The summed E-state index contributed by atoms with van der Waals surface area (Å²) >= 11 is 0. The average molecular weight is 312 g/mol. The number of hydrogen-bond acceptors (Lipinski definition) is 4. The third-order valence-corrected chi connectivity index (χ3v) is 5.12. The first-order valence-corrected chi connectivity index (χ1v) is 9.17. The minimum absolute atomic E-state index is 0.103. The lowest BCUT2D eigenvalue weighted by atomic mass is 10.0. The van der Waals surface area contributed by atoms with Crippen LogP contribution in [0.25, 0.3) is 0 Å². The van der Waals surface area contributed by atoms with Crippen LogP contribution in [0.1, 0.15) is 37.4 Å². The second kappa shape index (κ2) is 7.24. The molecule has 0 bridgehead atoms. The molecule has 2 N–H and O–H groups in total. The summed E-state index contributed by atoms with van der Waals surface area (Å²) in [6, 6.07) is 6.41. The zero-order valence-electron chi connectivity index (χ0n) is 12.7. The molecule has 0 fully saturated rings. The molecule has 0 saturated heterocycles. The minimum atomic E-state index is -3.16. The van der Waals surface area contributed by atoms with Crippen LogP contribution < -0.4 is 14.8 Å². The standard InChI is InChI=1S/C15H24N2O3S/c1-3-14(16-8-10-21(18,19)17-4-2)12-5-6-15-13(11-12)7-9-20-15/h5-6,11,14,16-17H,3-4,7-10H2,1-2H3. The van der Waals surface area contributed by atoms with E-state index in [0.717, 1.165) is 25.2 Å². The molecule has 1 aliphatic rings. The topological polar surface area (TPSA) is 67.4 Å². The van der Waals surface area contributed by atoms with Crippen LogP contribution in [-0.2, 0) is 16.4 Å². The first-order valence-electron chi connectivity index (χ1n) is 7.52. The first-order chi connectivity index (χ1) is 10.1. The van der Waals surface area contributed by atoms with Crippen molar-refractivity contribution >= 4 is 10.0 Å². The van der Waals surface area contributed by atoms with E-state index in [9.17, 15) is 8.42 Å². The van der Waals surface area contributed by atoms with E-state index in [2.05, 4.69) is 29.1 Å². The van der Waals surface area contributed by atoms with E-state index in [-0.39, 0.29) is 11.8 Å². The van der Waals surface area contributed by atoms with Crippen molar-refractivity contribution in [1.29, 1.82) is 0 Å². The molecule has 5 nitrogen and oxygen atoms in total. The highest BCUT2D eigenvalue weighted by Gasteiger charge is 2.16. The normalized spacial score (nSPS) is 15.5. The smallest absolute Gasteiger partial charge is 0.212 e. The molecule has 6 heteroatoms. The Morgan fingerprint density at radius 3 is 2.86 bits per heavy atom. The molecule has 1 atom stereocenters. The fraction of sp³-hybridized carbons (Fsp3) is 0.600. The molecule has 1 aromatic carbocycles. The number of nitrogens with one attached hydrogen (secondary N) is 2. The molecular formula is C15H24N2O3S. The zero-order chi connectivity index (χ0) is 15.3. The molecular weight excluding hydrogens is 288 g/mol. The summed E-state index contributed by atoms with van der Waals surface area (Å²) < 4.78 is 31.3. The number of rotatable bonds is 8. The van der Waals surface area contributed by atoms with Gasteiger partial charge in [-0.05, 0) is 23.6 Å². The Morgan fingerprint density at radius 1 is 1.33 bits per heavy atom. The van der Waals surface area contributed by atoms with Crippen molar-refractivity contribution in [3.05, 3.63) is 29.3 Å². The summed E-state index contributed by atoms with van der Waals surface area (Å²) in [7, 11) is -3.16. The van der Waals surface area contributed by atoms with E-state index in [4.69, 9.17) is 4.74 Å². The van der Waals surface area contributed by atoms with Crippen LogP contribution >= 0.6 is 0 Å². The van der Waals surface area contributed by atoms with Crippen LogP contribution in [0.4, 0.5) is 0 Å². The Bertz CT molecular complexity index is 572. The fourth-order valence-corrected chi connectivity index (χ4v) is 3.55. The predicted octanol–water partition coefficient (Wildman–Crippen LogP) is 1.60. The quantitative estimate of drug-likeness (QED) is 0.765. The Balaban J connectivity index is 1.94. The highest BCUT2D eigenvalue weighted by Crippen LogP contribution is 2.28. The van der Waals surface area contributed by atoms with Gasteiger partial charge in [0.1, 0.15) is 5.75 Å². The molecule has 0 aliphatic carbocycles. The van der Waals surface area contributed by atoms with Gasteiger partial charge in [-0.2, -0.15) is 0 Å². The number of hydrogen-bond donors (Lipinski definition) is 2. The first kappa shape index (κ1) is 16.3. The highest BCUT2D eigenvalue weighted by molar-refractivity contribution is 7.89. The molecule has 1 heterocycles. The molecule has 0 saturated carbocycles. The third kappa shape index (κ3) is 4.43. The van der Waals surface area contributed by atoms with E-state index in [0.29, 0.717) is 13.1 Å². The van der Waals surface area contributed by atoms with E-state index in [1.54, 1.807) is 6.92 Å². The molecule has 0 amide bonds. The monoisotopic (exact) mass is 312 g/mol. The van der Waals surface area contributed by atoms with Crippen LogP contribution in [0, 0.1) is 0 Å². The maximum Gasteiger partial charge on any atom is 0.212 e. The van der Waals surface area contributed by atoms with E-state index >= 15 is 0 Å². The van der Waals surface area contributed by atoms with Crippen LogP contribution in [0.3, 0.4) is 0 Å². The summed E-state index contributed by atoms with van der Waals surface area (Å²) in [6.07, 6.45) is 1.87. The molecule has 1 unspecified atom stereocenters. The van der Waals surface area contributed by atoms with Gasteiger partial charge in [0.15, 0.2) is 0 Å². The third-order valence-electron chi connectivity index (χ3n) is 3.65. The molecule has 21 heavy (non-hydrogen) atoms. The summed E-state index contributed by atoms with van der Waals surface area (Å²) in [5, 5.41) is 3.33. The van der Waals surface area contributed by atoms with Crippen molar-refractivity contribution in [3.8, 4) is 5.75 Å². The van der Waals surface area contributed by atoms with Crippen molar-refractivity contribution in [3.63, 3.8) is 0 Å². The van der Waals surface area contributed by atoms with Crippen molar-refractivity contribution < 1.29 is 13.2 Å². The van der Waals surface area contributed by atoms with Gasteiger partial charge in [-0.3, -0.25) is 0 Å². The Hall–Kier alpha value is -1.11. The van der Waals surface area contributed by atoms with Gasteiger partial charge in [0.25, 0.3) is 0 Å². The summed E-state index contributed by atoms with van der Waals surface area (Å²) in [5.41, 5.74) is 2.44. The summed E-state index contributed by atoms with van der Waals surface area (Å²) in [6.45, 7) is 5.52. The lowest BCUT2D eigenvalue weighted by molar-refractivity contribution is 0.356. The van der Waals surface area contributed by atoms with E-state index in [1.165, 1.54) is 11.1 Å². The van der Waals surface area contributed by atoms with Gasteiger partial charge in [-0.1, -0.05) is 26.0 Å². The van der Waals surface area contributed by atoms with E-state index < -0.39 is 10.0 Å². The Kier molecular flexibility index (Phi) is 5.61. The maximum absolute atomic E-state index is 11.6. The molecule has 0 radical (unpaired) electrons. The van der Waals surface area contributed by atoms with Gasteiger partial charge < -0.3 is 10.1 Å². The molecule has 1 aromatic rings. The second-order valence-corrected chi connectivity index (χ2v) is 7.12. The number of ether oxygens (including phenoxy) is 1. The van der Waals surface area contributed by atoms with Crippen LogP contribution in [-0.4, -0.2) is 33.9 Å². The van der Waals surface area contributed by atoms with E-state index in [1.807, 2.05) is 6.07 Å². The zero-order valence-corrected chi connectivity index (χ0v) is 13.5. The molecule has 0 spiro atoms. The van der Waals surface area contributed by atoms with Gasteiger partial charge in [0, 0.05) is 25.6 Å². The minimum Gasteiger partial charge on any atom is -0.493 e. The number of fused-ring (bicyclic) bond motifs is 1. The van der Waals surface area contributed by atoms with Crippen molar-refractivity contribution in [1.82, 2.24) is 10.0 Å². The van der Waals surface area contributed by atoms with Crippen LogP contribution in [0.5, 0.6) is 5.75 Å². The predicted molar refractivity (Wildman–Crippen MR) is 84.1 cm³/mol. The van der Waals surface area contributed by atoms with Crippen molar-refractivity contribution in [2.45, 2.75) is 32.7 Å². The van der Waals surface area contributed by atoms with Crippen LogP contribution in [0.2, 0.25) is 0 Å². The highest BCUT2D eigenvalue weighted by atomic mass is 32.2. The molecule has 118 valence electrons. The second-order valence-electron chi connectivity index (χ2n) is 5.20. The average Bonchev–Trinajstić information content (AvgIpc) is 2.90. The largest absolute Gasteiger partial charge is 0.493 e. The van der Waals surface area contributed by atoms with Gasteiger partial charge in [0.2, 0.25) is 10.0 Å². The van der Waals surface area contributed by atoms with Crippen LogP contribution in [0.15, 0.2) is 18.2 Å². The van der Waals surface area contributed by atoms with Crippen molar-refractivity contribution in [2.24, 2.45) is 0 Å².